The van der Waals surface area contributed by atoms with Crippen LogP contribution in [0.4, 0.5) is 13.2 Å². The molecule has 0 spiro atoms. The Bertz CT molecular complexity index is 1440. The fourth-order valence-electron chi connectivity index (χ4n) is 5.28. The van der Waals surface area contributed by atoms with Gasteiger partial charge in [0, 0.05) is 12.1 Å². The largest absolute Gasteiger partial charge is 0.507 e. The van der Waals surface area contributed by atoms with Gasteiger partial charge in [-0.1, -0.05) is 36.4 Å². The van der Waals surface area contributed by atoms with Crippen LogP contribution < -0.4 is 4.74 Å². The van der Waals surface area contributed by atoms with Gasteiger partial charge in [0.05, 0.1) is 24.3 Å². The summed E-state index contributed by atoms with van der Waals surface area (Å²) in [5.41, 5.74) is 2.47. The highest BCUT2D eigenvalue weighted by molar-refractivity contribution is 6.46. The average molecular weight is 522 g/mol. The van der Waals surface area contributed by atoms with E-state index in [1.165, 1.54) is 29.7 Å². The number of ketones is 1. The van der Waals surface area contributed by atoms with E-state index in [4.69, 9.17) is 4.74 Å². The SMILES string of the molecule is COc1cccc(C2/C(=C(/O)c3ccc4c(c3)CCCC4)C(=O)C(=O)N2Cc2cccc(C(F)(F)F)c2)c1. The van der Waals surface area contributed by atoms with E-state index in [0.29, 0.717) is 16.9 Å². The number of rotatable bonds is 5. The highest BCUT2D eigenvalue weighted by Gasteiger charge is 2.46. The van der Waals surface area contributed by atoms with Gasteiger partial charge in [-0.25, -0.2) is 0 Å². The number of Topliss-reactive ketones (excluding diaryl/α,β-unsaturated/α-hetero) is 1. The minimum absolute atomic E-state index is 0.106. The Kier molecular flexibility index (Phi) is 6.73. The Morgan fingerprint density at radius 2 is 1.71 bits per heavy atom. The quantitative estimate of drug-likeness (QED) is 0.246. The van der Waals surface area contributed by atoms with Gasteiger partial charge < -0.3 is 14.7 Å². The number of carbonyl (C=O) groups is 2. The maximum atomic E-state index is 13.4. The number of nitrogens with zero attached hydrogens (tertiary/aromatic N) is 1. The zero-order valence-electron chi connectivity index (χ0n) is 20.7. The lowest BCUT2D eigenvalue weighted by Crippen LogP contribution is -2.29. The maximum Gasteiger partial charge on any atom is 0.416 e. The molecule has 0 aromatic heterocycles. The van der Waals surface area contributed by atoms with E-state index in [-0.39, 0.29) is 23.4 Å². The predicted octanol–water partition coefficient (Wildman–Crippen LogP) is 6.21. The van der Waals surface area contributed by atoms with Crippen molar-refractivity contribution in [2.75, 3.05) is 7.11 Å². The Morgan fingerprint density at radius 3 is 2.45 bits per heavy atom. The van der Waals surface area contributed by atoms with Gasteiger partial charge >= 0.3 is 6.18 Å². The highest BCUT2D eigenvalue weighted by atomic mass is 19.4. The molecule has 1 N–H and O–H groups in total. The van der Waals surface area contributed by atoms with E-state index in [9.17, 15) is 27.9 Å². The van der Waals surface area contributed by atoms with E-state index in [0.717, 1.165) is 43.4 Å². The molecule has 1 aliphatic heterocycles. The van der Waals surface area contributed by atoms with Gasteiger partial charge in [-0.3, -0.25) is 9.59 Å². The minimum atomic E-state index is -4.55. The van der Waals surface area contributed by atoms with Crippen molar-refractivity contribution in [3.05, 3.63) is 106 Å². The summed E-state index contributed by atoms with van der Waals surface area (Å²) in [5, 5.41) is 11.4. The fraction of sp³-hybridized carbons (Fsp3) is 0.267. The van der Waals surface area contributed by atoms with Gasteiger partial charge in [0.2, 0.25) is 0 Å². The summed E-state index contributed by atoms with van der Waals surface area (Å²) in [4.78, 5) is 27.8. The molecule has 196 valence electrons. The molecule has 8 heteroatoms. The third kappa shape index (κ3) is 4.78. The lowest BCUT2D eigenvalue weighted by atomic mass is 9.88. The molecule has 1 heterocycles. The third-order valence-electron chi connectivity index (χ3n) is 7.18. The summed E-state index contributed by atoms with van der Waals surface area (Å²) in [7, 11) is 1.48. The molecular weight excluding hydrogens is 495 g/mol. The summed E-state index contributed by atoms with van der Waals surface area (Å²) < 4.78 is 45.3. The number of likely N-dealkylation sites (tertiary alicyclic amines) is 1. The molecular formula is C30H26F3NO4. The zero-order chi connectivity index (χ0) is 27.0. The molecule has 1 unspecified atom stereocenters. The molecule has 1 amide bonds. The number of hydrogen-bond acceptors (Lipinski definition) is 4. The van der Waals surface area contributed by atoms with Crippen molar-refractivity contribution in [2.24, 2.45) is 0 Å². The number of halogens is 3. The average Bonchev–Trinajstić information content (AvgIpc) is 3.17. The number of fused-ring (bicyclic) bond motifs is 1. The first-order valence-electron chi connectivity index (χ1n) is 12.4. The van der Waals surface area contributed by atoms with Crippen LogP contribution in [0.1, 0.15) is 52.3 Å². The summed E-state index contributed by atoms with van der Waals surface area (Å²) in [5.74, 6) is -1.62. The molecule has 5 nitrogen and oxygen atoms in total. The van der Waals surface area contributed by atoms with Crippen molar-refractivity contribution in [3.63, 3.8) is 0 Å². The summed E-state index contributed by atoms with van der Waals surface area (Å²) in [6.07, 6.45) is -0.624. The van der Waals surface area contributed by atoms with Gasteiger partial charge in [0.1, 0.15) is 11.5 Å². The number of ether oxygens (including phenoxy) is 1. The number of amides is 1. The van der Waals surface area contributed by atoms with Crippen LogP contribution in [0.3, 0.4) is 0 Å². The molecule has 1 fully saturated rings. The first kappa shape index (κ1) is 25.6. The smallest absolute Gasteiger partial charge is 0.416 e. The van der Waals surface area contributed by atoms with Gasteiger partial charge in [-0.15, -0.1) is 0 Å². The normalized spacial score (nSPS) is 18.9. The van der Waals surface area contributed by atoms with E-state index in [1.54, 1.807) is 30.3 Å². The lowest BCUT2D eigenvalue weighted by molar-refractivity contribution is -0.140. The van der Waals surface area contributed by atoms with Crippen molar-refractivity contribution in [1.82, 2.24) is 4.90 Å². The standard InChI is InChI=1S/C30H26F3NO4/c1-38-24-11-5-9-21(16-24)26-25(27(35)22-13-12-19-7-2-3-8-20(19)15-22)28(36)29(37)34(26)17-18-6-4-10-23(14-18)30(31,32)33/h4-6,9-16,26,35H,2-3,7-8,17H2,1H3/b27-25-. The van der Waals surface area contributed by atoms with Crippen LogP contribution in [-0.4, -0.2) is 28.8 Å². The van der Waals surface area contributed by atoms with Crippen molar-refractivity contribution in [3.8, 4) is 5.75 Å². The molecule has 2 aliphatic rings. The van der Waals surface area contributed by atoms with E-state index in [2.05, 4.69) is 0 Å². The van der Waals surface area contributed by atoms with Crippen LogP contribution in [-0.2, 0) is 35.2 Å². The first-order chi connectivity index (χ1) is 18.2. The molecule has 0 radical (unpaired) electrons. The second-order valence-electron chi connectivity index (χ2n) is 9.59. The van der Waals surface area contributed by atoms with E-state index in [1.807, 2.05) is 12.1 Å². The second kappa shape index (κ2) is 10.0. The lowest BCUT2D eigenvalue weighted by Gasteiger charge is -2.26. The van der Waals surface area contributed by atoms with Crippen molar-refractivity contribution in [1.29, 1.82) is 0 Å². The molecule has 3 aromatic rings. The van der Waals surface area contributed by atoms with Crippen LogP contribution in [0, 0.1) is 0 Å². The number of aliphatic hydroxyl groups is 1. The van der Waals surface area contributed by atoms with Crippen LogP contribution in [0.25, 0.3) is 5.76 Å². The maximum absolute atomic E-state index is 13.4. The van der Waals surface area contributed by atoms with Crippen molar-refractivity contribution in [2.45, 2.75) is 44.4 Å². The molecule has 0 saturated carbocycles. The molecule has 5 rings (SSSR count). The molecule has 1 saturated heterocycles. The number of aryl methyl sites for hydroxylation is 2. The molecule has 0 bridgehead atoms. The van der Waals surface area contributed by atoms with Crippen LogP contribution in [0.5, 0.6) is 5.75 Å². The third-order valence-corrected chi connectivity index (χ3v) is 7.18. The highest BCUT2D eigenvalue weighted by Crippen LogP contribution is 2.42. The van der Waals surface area contributed by atoms with Gasteiger partial charge in [0.25, 0.3) is 11.7 Å². The van der Waals surface area contributed by atoms with Crippen LogP contribution in [0.2, 0.25) is 0 Å². The molecule has 1 aliphatic carbocycles. The topological polar surface area (TPSA) is 66.8 Å². The number of methoxy groups -OCH3 is 1. The second-order valence-corrected chi connectivity index (χ2v) is 9.59. The Labute approximate surface area is 218 Å². The first-order valence-corrected chi connectivity index (χ1v) is 12.4. The van der Waals surface area contributed by atoms with E-state index >= 15 is 0 Å². The number of carbonyl (C=O) groups excluding carboxylic acids is 2. The number of alkyl halides is 3. The molecule has 3 aromatic carbocycles. The fourth-order valence-corrected chi connectivity index (χ4v) is 5.28. The van der Waals surface area contributed by atoms with Crippen molar-refractivity contribution < 1.29 is 32.6 Å². The molecule has 38 heavy (non-hydrogen) atoms. The number of hydrogen-bond donors (Lipinski definition) is 1. The van der Waals surface area contributed by atoms with Crippen LogP contribution >= 0.6 is 0 Å². The number of aliphatic hydroxyl groups excluding tert-OH is 1. The summed E-state index contributed by atoms with van der Waals surface area (Å²) >= 11 is 0. The van der Waals surface area contributed by atoms with Crippen molar-refractivity contribution >= 4 is 17.4 Å². The Hall–Kier alpha value is -4.07. The summed E-state index contributed by atoms with van der Waals surface area (Å²) in [6, 6.07) is 15.9. The van der Waals surface area contributed by atoms with Gasteiger partial charge in [-0.05, 0) is 78.3 Å². The van der Waals surface area contributed by atoms with Gasteiger partial charge in [0.15, 0.2) is 0 Å². The Morgan fingerprint density at radius 1 is 0.974 bits per heavy atom. The monoisotopic (exact) mass is 521 g/mol. The summed E-state index contributed by atoms with van der Waals surface area (Å²) in [6.45, 7) is -0.253. The molecule has 1 atom stereocenters. The zero-order valence-corrected chi connectivity index (χ0v) is 20.7. The van der Waals surface area contributed by atoms with E-state index < -0.39 is 29.5 Å². The minimum Gasteiger partial charge on any atom is -0.507 e. The predicted molar refractivity (Wildman–Crippen MR) is 135 cm³/mol. The number of benzene rings is 3. The van der Waals surface area contributed by atoms with Gasteiger partial charge in [-0.2, -0.15) is 13.2 Å². The van der Waals surface area contributed by atoms with Crippen LogP contribution in [0.15, 0.2) is 72.3 Å². The Balaban J connectivity index is 1.62.